The second-order valence-corrected chi connectivity index (χ2v) is 5.26. The zero-order valence-corrected chi connectivity index (χ0v) is 12.3. The lowest BCUT2D eigenvalue weighted by Crippen LogP contribution is -2.12. The normalized spacial score (nSPS) is 10.6. The van der Waals surface area contributed by atoms with E-state index in [2.05, 4.69) is 31.2 Å². The van der Waals surface area contributed by atoms with Gasteiger partial charge in [-0.1, -0.05) is 12.1 Å². The molecule has 0 aliphatic rings. The number of nitrogens with one attached hydrogen (secondary N) is 1. The Morgan fingerprint density at radius 2 is 2.10 bits per heavy atom. The van der Waals surface area contributed by atoms with Crippen molar-refractivity contribution in [2.75, 3.05) is 5.32 Å². The molecule has 6 heteroatoms. The van der Waals surface area contributed by atoms with Crippen molar-refractivity contribution in [2.24, 2.45) is 0 Å². The van der Waals surface area contributed by atoms with Crippen molar-refractivity contribution in [1.29, 1.82) is 0 Å². The fourth-order valence-corrected chi connectivity index (χ4v) is 2.34. The maximum Gasteiger partial charge on any atom is 0.257 e. The van der Waals surface area contributed by atoms with Crippen molar-refractivity contribution in [2.45, 2.75) is 0 Å². The van der Waals surface area contributed by atoms with Crippen LogP contribution in [0.2, 0.25) is 0 Å². The highest BCUT2D eigenvalue weighted by Gasteiger charge is 2.11. The predicted molar refractivity (Wildman–Crippen MR) is 81.6 cm³/mol. The molecule has 0 atom stereocenters. The van der Waals surface area contributed by atoms with Crippen LogP contribution in [0.5, 0.6) is 0 Å². The van der Waals surface area contributed by atoms with Crippen LogP contribution >= 0.6 is 15.9 Å². The van der Waals surface area contributed by atoms with Crippen LogP contribution in [0.15, 0.2) is 53.4 Å². The lowest BCUT2D eigenvalue weighted by Gasteiger charge is -2.08. The Morgan fingerprint density at radius 3 is 2.90 bits per heavy atom. The van der Waals surface area contributed by atoms with Gasteiger partial charge in [0.1, 0.15) is 11.3 Å². The Hall–Kier alpha value is -2.34. The van der Waals surface area contributed by atoms with E-state index in [4.69, 9.17) is 0 Å². The lowest BCUT2D eigenvalue weighted by atomic mass is 10.1. The van der Waals surface area contributed by atoms with E-state index in [-0.39, 0.29) is 11.4 Å². The Balaban J connectivity index is 1.99. The number of fused-ring (bicyclic) bond motifs is 1. The number of hydrogen-bond donors (Lipinski definition) is 1. The summed E-state index contributed by atoms with van der Waals surface area (Å²) in [7, 11) is 0. The average Bonchev–Trinajstić information content (AvgIpc) is 2.48. The van der Waals surface area contributed by atoms with Gasteiger partial charge in [-0.3, -0.25) is 14.8 Å². The van der Waals surface area contributed by atoms with Crippen LogP contribution in [0.25, 0.3) is 10.9 Å². The number of amides is 1. The SMILES string of the molecule is O=C(Nc1ccnc2c(F)cccc12)c1cncc(Br)c1. The van der Waals surface area contributed by atoms with Crippen molar-refractivity contribution in [3.63, 3.8) is 0 Å². The van der Waals surface area contributed by atoms with E-state index in [1.165, 1.54) is 18.5 Å². The van der Waals surface area contributed by atoms with Crippen LogP contribution in [-0.4, -0.2) is 15.9 Å². The second kappa shape index (κ2) is 5.57. The van der Waals surface area contributed by atoms with Gasteiger partial charge in [-0.15, -0.1) is 0 Å². The number of para-hydroxylation sites is 1. The van der Waals surface area contributed by atoms with Crippen molar-refractivity contribution in [1.82, 2.24) is 9.97 Å². The highest BCUT2D eigenvalue weighted by atomic mass is 79.9. The number of nitrogens with zero attached hydrogens (tertiary/aromatic N) is 2. The number of aromatic nitrogens is 2. The van der Waals surface area contributed by atoms with Gasteiger partial charge in [-0.25, -0.2) is 4.39 Å². The van der Waals surface area contributed by atoms with E-state index < -0.39 is 5.82 Å². The van der Waals surface area contributed by atoms with Gasteiger partial charge in [0.05, 0.1) is 11.3 Å². The summed E-state index contributed by atoms with van der Waals surface area (Å²) in [5.41, 5.74) is 1.14. The third-order valence-corrected chi connectivity index (χ3v) is 3.37. The van der Waals surface area contributed by atoms with Gasteiger partial charge in [-0.2, -0.15) is 0 Å². The van der Waals surface area contributed by atoms with E-state index in [0.717, 1.165) is 0 Å². The molecule has 3 aromatic rings. The van der Waals surface area contributed by atoms with Crippen LogP contribution in [-0.2, 0) is 0 Å². The van der Waals surface area contributed by atoms with Gasteiger partial charge in [-0.05, 0) is 34.1 Å². The maximum atomic E-state index is 13.7. The first-order valence-corrected chi connectivity index (χ1v) is 6.89. The monoisotopic (exact) mass is 345 g/mol. The minimum atomic E-state index is -0.423. The zero-order valence-electron chi connectivity index (χ0n) is 10.7. The second-order valence-electron chi connectivity index (χ2n) is 4.34. The molecule has 0 aliphatic heterocycles. The minimum Gasteiger partial charge on any atom is -0.321 e. The molecule has 0 fully saturated rings. The summed E-state index contributed by atoms with van der Waals surface area (Å²) in [6, 6.07) is 7.91. The summed E-state index contributed by atoms with van der Waals surface area (Å²) in [4.78, 5) is 20.1. The summed E-state index contributed by atoms with van der Waals surface area (Å²) < 4.78 is 14.4. The highest BCUT2D eigenvalue weighted by Crippen LogP contribution is 2.24. The molecule has 0 radical (unpaired) electrons. The van der Waals surface area contributed by atoms with Gasteiger partial charge in [0.2, 0.25) is 0 Å². The first kappa shape index (κ1) is 13.6. The van der Waals surface area contributed by atoms with E-state index >= 15 is 0 Å². The molecule has 2 heterocycles. The lowest BCUT2D eigenvalue weighted by molar-refractivity contribution is 0.102. The summed E-state index contributed by atoms with van der Waals surface area (Å²) in [5.74, 6) is -0.742. The van der Waals surface area contributed by atoms with Crippen LogP contribution in [0, 0.1) is 5.82 Å². The van der Waals surface area contributed by atoms with Crippen LogP contribution in [0.1, 0.15) is 10.4 Å². The number of carbonyl (C=O) groups is 1. The van der Waals surface area contributed by atoms with Crippen molar-refractivity contribution >= 4 is 38.4 Å². The van der Waals surface area contributed by atoms with Crippen LogP contribution < -0.4 is 5.32 Å². The summed E-state index contributed by atoms with van der Waals surface area (Å²) in [6.45, 7) is 0. The molecular weight excluding hydrogens is 337 g/mol. The van der Waals surface area contributed by atoms with Gasteiger partial charge < -0.3 is 5.32 Å². The van der Waals surface area contributed by atoms with Crippen LogP contribution in [0.3, 0.4) is 0 Å². The van der Waals surface area contributed by atoms with E-state index in [1.807, 2.05) is 0 Å². The molecular formula is C15H9BrFN3O. The Bertz CT molecular complexity index is 838. The first-order valence-electron chi connectivity index (χ1n) is 6.10. The largest absolute Gasteiger partial charge is 0.321 e. The number of rotatable bonds is 2. The molecule has 0 unspecified atom stereocenters. The topological polar surface area (TPSA) is 54.9 Å². The molecule has 2 aromatic heterocycles. The van der Waals surface area contributed by atoms with Gasteiger partial charge in [0.15, 0.2) is 0 Å². The van der Waals surface area contributed by atoms with E-state index in [0.29, 0.717) is 21.1 Å². The molecule has 4 nitrogen and oxygen atoms in total. The fourth-order valence-electron chi connectivity index (χ4n) is 1.98. The number of carbonyl (C=O) groups excluding carboxylic acids is 1. The molecule has 0 saturated heterocycles. The van der Waals surface area contributed by atoms with Gasteiger partial charge in [0, 0.05) is 28.4 Å². The standard InChI is InChI=1S/C15H9BrFN3O/c16-10-6-9(7-18-8-10)15(21)20-13-4-5-19-14-11(13)2-1-3-12(14)17/h1-8H,(H,19,20,21). The molecule has 1 amide bonds. The summed E-state index contributed by atoms with van der Waals surface area (Å²) >= 11 is 3.26. The number of anilines is 1. The highest BCUT2D eigenvalue weighted by molar-refractivity contribution is 9.10. The quantitative estimate of drug-likeness (QED) is 0.768. The number of benzene rings is 1. The molecule has 1 N–H and O–H groups in total. The third-order valence-electron chi connectivity index (χ3n) is 2.94. The minimum absolute atomic E-state index is 0.225. The molecule has 0 bridgehead atoms. The van der Waals surface area contributed by atoms with Gasteiger partial charge in [0.25, 0.3) is 5.91 Å². The number of halogens is 2. The Labute approximate surface area is 128 Å². The smallest absolute Gasteiger partial charge is 0.257 e. The molecule has 0 aliphatic carbocycles. The zero-order chi connectivity index (χ0) is 14.8. The van der Waals surface area contributed by atoms with Crippen molar-refractivity contribution in [3.05, 3.63) is 64.8 Å². The molecule has 0 saturated carbocycles. The predicted octanol–water partition coefficient (Wildman–Crippen LogP) is 3.78. The van der Waals surface area contributed by atoms with E-state index in [9.17, 15) is 9.18 Å². The maximum absolute atomic E-state index is 13.7. The number of hydrogen-bond acceptors (Lipinski definition) is 3. The molecule has 104 valence electrons. The summed E-state index contributed by atoms with van der Waals surface area (Å²) in [6.07, 6.45) is 4.51. The Kier molecular flexibility index (Phi) is 3.62. The molecule has 0 spiro atoms. The third kappa shape index (κ3) is 2.75. The molecule has 1 aromatic carbocycles. The summed E-state index contributed by atoms with van der Waals surface area (Å²) in [5, 5.41) is 3.30. The first-order chi connectivity index (χ1) is 10.1. The number of pyridine rings is 2. The Morgan fingerprint density at radius 1 is 1.24 bits per heavy atom. The molecule has 3 rings (SSSR count). The average molecular weight is 346 g/mol. The van der Waals surface area contributed by atoms with E-state index in [1.54, 1.807) is 30.5 Å². The van der Waals surface area contributed by atoms with Crippen LogP contribution in [0.4, 0.5) is 10.1 Å². The fraction of sp³-hybridized carbons (Fsp3) is 0. The molecule has 21 heavy (non-hydrogen) atoms. The van der Waals surface area contributed by atoms with Crippen molar-refractivity contribution < 1.29 is 9.18 Å². The van der Waals surface area contributed by atoms with Gasteiger partial charge >= 0.3 is 0 Å². The van der Waals surface area contributed by atoms with Crippen molar-refractivity contribution in [3.8, 4) is 0 Å².